The summed E-state index contributed by atoms with van der Waals surface area (Å²) in [7, 11) is 2.03. The second-order valence-electron chi connectivity index (χ2n) is 8.12. The van der Waals surface area contributed by atoms with E-state index in [0.29, 0.717) is 12.6 Å². The first-order valence-electron chi connectivity index (χ1n) is 9.96. The van der Waals surface area contributed by atoms with Crippen molar-refractivity contribution in [2.75, 3.05) is 26.8 Å². The van der Waals surface area contributed by atoms with Crippen molar-refractivity contribution in [3.63, 3.8) is 0 Å². The molecule has 142 valence electrons. The molecule has 5 nitrogen and oxygen atoms in total. The lowest BCUT2D eigenvalue weighted by Gasteiger charge is -2.43. The van der Waals surface area contributed by atoms with E-state index >= 15 is 0 Å². The Morgan fingerprint density at radius 2 is 1.88 bits per heavy atom. The number of carbonyl (C=O) groups is 1. The predicted molar refractivity (Wildman–Crippen MR) is 101 cm³/mol. The summed E-state index contributed by atoms with van der Waals surface area (Å²) in [5.41, 5.74) is 1.56. The van der Waals surface area contributed by atoms with Crippen molar-refractivity contribution in [3.8, 4) is 5.75 Å². The van der Waals surface area contributed by atoms with Crippen molar-refractivity contribution < 1.29 is 14.3 Å². The van der Waals surface area contributed by atoms with E-state index in [4.69, 9.17) is 9.47 Å². The lowest BCUT2D eigenvalue weighted by atomic mass is 9.81. The second kappa shape index (κ2) is 7.20. The molecule has 1 aliphatic carbocycles. The van der Waals surface area contributed by atoms with Crippen molar-refractivity contribution in [1.29, 1.82) is 0 Å². The van der Waals surface area contributed by atoms with Gasteiger partial charge in [0.2, 0.25) is 0 Å². The molecule has 1 saturated carbocycles. The van der Waals surface area contributed by atoms with Crippen LogP contribution in [0.25, 0.3) is 0 Å². The van der Waals surface area contributed by atoms with Crippen molar-refractivity contribution in [2.24, 2.45) is 0 Å². The van der Waals surface area contributed by atoms with Gasteiger partial charge in [-0.2, -0.15) is 0 Å². The maximum atomic E-state index is 13.4. The first kappa shape index (κ1) is 17.8. The Bertz CT molecular complexity index is 661. The van der Waals surface area contributed by atoms with Gasteiger partial charge < -0.3 is 19.7 Å². The van der Waals surface area contributed by atoms with E-state index in [1.165, 1.54) is 0 Å². The number of carbonyl (C=O) groups excluding carboxylic acids is 1. The number of aryl methyl sites for hydroxylation is 1. The molecule has 2 fully saturated rings. The highest BCUT2D eigenvalue weighted by atomic mass is 16.5. The van der Waals surface area contributed by atoms with Crippen LogP contribution in [0, 0.1) is 6.92 Å². The molecule has 5 heteroatoms. The summed E-state index contributed by atoms with van der Waals surface area (Å²) in [4.78, 5) is 15.5. The number of hydrogen-bond donors (Lipinski definition) is 1. The summed E-state index contributed by atoms with van der Waals surface area (Å²) in [6.45, 7) is 4.21. The highest BCUT2D eigenvalue weighted by Gasteiger charge is 2.44. The molecule has 4 rings (SSSR count). The van der Waals surface area contributed by atoms with E-state index < -0.39 is 0 Å². The average Bonchev–Trinajstić information content (AvgIpc) is 2.79. The van der Waals surface area contributed by atoms with Crippen LogP contribution in [0.4, 0.5) is 0 Å². The van der Waals surface area contributed by atoms with Crippen molar-refractivity contribution >= 4 is 5.91 Å². The topological polar surface area (TPSA) is 50.8 Å². The van der Waals surface area contributed by atoms with Crippen LogP contribution < -0.4 is 10.1 Å². The van der Waals surface area contributed by atoms with E-state index in [1.54, 1.807) is 0 Å². The van der Waals surface area contributed by atoms with Crippen LogP contribution in [0.1, 0.15) is 54.4 Å². The molecule has 3 aliphatic rings. The average molecular weight is 358 g/mol. The Labute approximate surface area is 156 Å². The molecular formula is C21H30N2O3. The minimum atomic E-state index is -0.262. The minimum Gasteiger partial charge on any atom is -0.485 e. The minimum absolute atomic E-state index is 0.128. The maximum Gasteiger partial charge on any atom is 0.258 e. The molecule has 2 heterocycles. The van der Waals surface area contributed by atoms with Crippen LogP contribution in [0.3, 0.4) is 0 Å². The SMILES string of the molecule is CNC1CCC2(CC1)CN(C1CCOCC1)C(=O)c1cc(C)ccc1O2. The molecule has 0 atom stereocenters. The Morgan fingerprint density at radius 3 is 2.58 bits per heavy atom. The zero-order valence-corrected chi connectivity index (χ0v) is 15.9. The van der Waals surface area contributed by atoms with Gasteiger partial charge in [-0.05, 0) is 64.6 Å². The Hall–Kier alpha value is -1.59. The summed E-state index contributed by atoms with van der Waals surface area (Å²) in [5, 5.41) is 3.40. The third-order valence-electron chi connectivity index (χ3n) is 6.35. The van der Waals surface area contributed by atoms with Crippen LogP contribution in [-0.2, 0) is 4.74 Å². The van der Waals surface area contributed by atoms with Crippen molar-refractivity contribution in [3.05, 3.63) is 29.3 Å². The number of amides is 1. The number of nitrogens with zero attached hydrogens (tertiary/aromatic N) is 1. The molecule has 1 spiro atoms. The third-order valence-corrected chi connectivity index (χ3v) is 6.35. The summed E-state index contributed by atoms with van der Waals surface area (Å²) in [5.74, 6) is 0.890. The number of rotatable bonds is 2. The van der Waals surface area contributed by atoms with Gasteiger partial charge in [-0.15, -0.1) is 0 Å². The van der Waals surface area contributed by atoms with Gasteiger partial charge in [-0.1, -0.05) is 11.6 Å². The molecule has 0 radical (unpaired) electrons. The highest BCUT2D eigenvalue weighted by Crippen LogP contribution is 2.39. The fourth-order valence-corrected chi connectivity index (χ4v) is 4.69. The maximum absolute atomic E-state index is 13.4. The van der Waals surface area contributed by atoms with Gasteiger partial charge in [-0.3, -0.25) is 4.79 Å². The number of ether oxygens (including phenoxy) is 2. The quantitative estimate of drug-likeness (QED) is 0.883. The summed E-state index contributed by atoms with van der Waals surface area (Å²) in [6, 6.07) is 6.83. The zero-order chi connectivity index (χ0) is 18.1. The van der Waals surface area contributed by atoms with Gasteiger partial charge >= 0.3 is 0 Å². The molecule has 0 unspecified atom stereocenters. The first-order chi connectivity index (χ1) is 12.6. The van der Waals surface area contributed by atoms with Crippen LogP contribution >= 0.6 is 0 Å². The van der Waals surface area contributed by atoms with Gasteiger partial charge in [0.05, 0.1) is 12.1 Å². The van der Waals surface area contributed by atoms with E-state index in [1.807, 2.05) is 32.2 Å². The zero-order valence-electron chi connectivity index (χ0n) is 15.9. The largest absolute Gasteiger partial charge is 0.485 e. The summed E-state index contributed by atoms with van der Waals surface area (Å²) >= 11 is 0. The monoisotopic (exact) mass is 358 g/mol. The second-order valence-corrected chi connectivity index (χ2v) is 8.12. The van der Waals surface area contributed by atoms with Crippen molar-refractivity contribution in [1.82, 2.24) is 10.2 Å². The first-order valence-corrected chi connectivity index (χ1v) is 9.96. The van der Waals surface area contributed by atoms with Gasteiger partial charge in [0.15, 0.2) is 0 Å². The van der Waals surface area contributed by atoms with E-state index in [0.717, 1.165) is 68.6 Å². The van der Waals surface area contributed by atoms with E-state index in [9.17, 15) is 4.79 Å². The molecule has 1 aromatic carbocycles. The normalized spacial score (nSPS) is 30.0. The summed E-state index contributed by atoms with van der Waals surface area (Å²) in [6.07, 6.45) is 5.99. The molecule has 0 bridgehead atoms. The Balaban J connectivity index is 1.69. The molecule has 1 N–H and O–H groups in total. The van der Waals surface area contributed by atoms with Gasteiger partial charge in [-0.25, -0.2) is 0 Å². The van der Waals surface area contributed by atoms with Crippen LogP contribution in [0.15, 0.2) is 18.2 Å². The number of nitrogens with one attached hydrogen (secondary N) is 1. The standard InChI is InChI=1S/C21H30N2O3/c1-15-3-4-19-18(13-15)20(24)23(17-7-11-25-12-8-17)14-21(26-19)9-5-16(22-2)6-10-21/h3-4,13,16-17,22H,5-12,14H2,1-2H3. The van der Waals surface area contributed by atoms with Gasteiger partial charge in [0.1, 0.15) is 11.4 Å². The van der Waals surface area contributed by atoms with Crippen LogP contribution in [-0.4, -0.2) is 55.3 Å². The van der Waals surface area contributed by atoms with Crippen LogP contribution in [0.2, 0.25) is 0 Å². The fraction of sp³-hybridized carbons (Fsp3) is 0.667. The molecule has 1 aromatic rings. The van der Waals surface area contributed by atoms with E-state index in [2.05, 4.69) is 10.2 Å². The molecule has 1 amide bonds. The van der Waals surface area contributed by atoms with Gasteiger partial charge in [0.25, 0.3) is 5.91 Å². The van der Waals surface area contributed by atoms with Crippen molar-refractivity contribution in [2.45, 2.75) is 63.1 Å². The van der Waals surface area contributed by atoms with Gasteiger partial charge in [0, 0.05) is 25.3 Å². The molecule has 26 heavy (non-hydrogen) atoms. The lowest BCUT2D eigenvalue weighted by Crippen LogP contribution is -2.54. The highest BCUT2D eigenvalue weighted by molar-refractivity contribution is 5.97. The Kier molecular flexibility index (Phi) is 4.93. The molecule has 1 saturated heterocycles. The molecule has 2 aliphatic heterocycles. The Morgan fingerprint density at radius 1 is 1.15 bits per heavy atom. The van der Waals surface area contributed by atoms with Crippen LogP contribution in [0.5, 0.6) is 5.75 Å². The number of benzene rings is 1. The fourth-order valence-electron chi connectivity index (χ4n) is 4.69. The third kappa shape index (κ3) is 3.35. The number of hydrogen-bond acceptors (Lipinski definition) is 4. The smallest absolute Gasteiger partial charge is 0.258 e. The predicted octanol–water partition coefficient (Wildman–Crippen LogP) is 2.91. The lowest BCUT2D eigenvalue weighted by molar-refractivity contribution is -0.0233. The summed E-state index contributed by atoms with van der Waals surface area (Å²) < 4.78 is 12.1. The van der Waals surface area contributed by atoms with E-state index in [-0.39, 0.29) is 17.6 Å². The molecule has 0 aromatic heterocycles. The number of fused-ring (bicyclic) bond motifs is 1. The molecular weight excluding hydrogens is 328 g/mol.